The van der Waals surface area contributed by atoms with Crippen molar-refractivity contribution in [2.45, 2.75) is 38.8 Å². The van der Waals surface area contributed by atoms with Gasteiger partial charge in [-0.1, -0.05) is 6.08 Å². The van der Waals surface area contributed by atoms with Crippen LogP contribution < -0.4 is 10.6 Å². The number of hydrogen-bond donors (Lipinski definition) is 3. The lowest BCUT2D eigenvalue weighted by Crippen LogP contribution is -2.43. The molecule has 0 aliphatic heterocycles. The van der Waals surface area contributed by atoms with E-state index in [1.54, 1.807) is 19.9 Å². The quantitative estimate of drug-likeness (QED) is 0.579. The Bertz CT molecular complexity index is 241. The van der Waals surface area contributed by atoms with E-state index in [0.717, 1.165) is 0 Å². The predicted octanol–water partition coefficient (Wildman–Crippen LogP) is 1.11. The Labute approximate surface area is 89.6 Å². The molecule has 86 valence electrons. The standard InChI is InChI=1S/C10H18N2O3/c1-4-7(2)11-10(15)12-8(3)5-6-9(13)14/h4,7-8H,1,5-6H2,2-3H3,(H,13,14)(H2,11,12,15). The lowest BCUT2D eigenvalue weighted by Gasteiger charge is -2.15. The molecule has 0 aromatic heterocycles. The minimum Gasteiger partial charge on any atom is -0.481 e. The van der Waals surface area contributed by atoms with E-state index in [0.29, 0.717) is 6.42 Å². The van der Waals surface area contributed by atoms with Crippen molar-refractivity contribution < 1.29 is 14.7 Å². The number of carboxylic acid groups (broad SMARTS) is 1. The van der Waals surface area contributed by atoms with Crippen molar-refractivity contribution in [2.24, 2.45) is 0 Å². The number of rotatable bonds is 6. The minimum atomic E-state index is -0.858. The third kappa shape index (κ3) is 7.54. The molecule has 5 nitrogen and oxygen atoms in total. The van der Waals surface area contributed by atoms with Crippen molar-refractivity contribution in [3.63, 3.8) is 0 Å². The molecular formula is C10H18N2O3. The van der Waals surface area contributed by atoms with E-state index in [9.17, 15) is 9.59 Å². The summed E-state index contributed by atoms with van der Waals surface area (Å²) in [6, 6.07) is -0.560. The number of carbonyl (C=O) groups is 2. The van der Waals surface area contributed by atoms with E-state index in [1.807, 2.05) is 0 Å². The summed E-state index contributed by atoms with van der Waals surface area (Å²) in [5.74, 6) is -0.858. The molecular weight excluding hydrogens is 196 g/mol. The van der Waals surface area contributed by atoms with Gasteiger partial charge in [0.05, 0.1) is 0 Å². The number of carboxylic acids is 1. The van der Waals surface area contributed by atoms with Crippen molar-refractivity contribution in [1.29, 1.82) is 0 Å². The Morgan fingerprint density at radius 3 is 2.47 bits per heavy atom. The average molecular weight is 214 g/mol. The van der Waals surface area contributed by atoms with Crippen LogP contribution in [0.15, 0.2) is 12.7 Å². The van der Waals surface area contributed by atoms with Crippen molar-refractivity contribution >= 4 is 12.0 Å². The topological polar surface area (TPSA) is 78.4 Å². The fourth-order valence-corrected chi connectivity index (χ4v) is 0.943. The second-order valence-electron chi connectivity index (χ2n) is 3.48. The predicted molar refractivity (Wildman–Crippen MR) is 57.7 cm³/mol. The van der Waals surface area contributed by atoms with Gasteiger partial charge in [0.15, 0.2) is 0 Å². The first kappa shape index (κ1) is 13.5. The Morgan fingerprint density at radius 1 is 1.40 bits per heavy atom. The molecule has 5 heteroatoms. The van der Waals surface area contributed by atoms with Crippen LogP contribution in [0.25, 0.3) is 0 Å². The zero-order chi connectivity index (χ0) is 11.8. The van der Waals surface area contributed by atoms with E-state index < -0.39 is 5.97 Å². The fourth-order valence-electron chi connectivity index (χ4n) is 0.943. The molecule has 0 heterocycles. The largest absolute Gasteiger partial charge is 0.481 e. The van der Waals surface area contributed by atoms with Gasteiger partial charge in [-0.25, -0.2) is 4.79 Å². The van der Waals surface area contributed by atoms with Gasteiger partial charge in [-0.2, -0.15) is 0 Å². The van der Waals surface area contributed by atoms with Crippen LogP contribution in [-0.4, -0.2) is 29.2 Å². The summed E-state index contributed by atoms with van der Waals surface area (Å²) < 4.78 is 0. The Kier molecular flexibility index (Phi) is 6.17. The van der Waals surface area contributed by atoms with Crippen LogP contribution >= 0.6 is 0 Å². The van der Waals surface area contributed by atoms with Crippen molar-refractivity contribution in [3.05, 3.63) is 12.7 Å². The van der Waals surface area contributed by atoms with Crippen LogP contribution in [0.1, 0.15) is 26.7 Å². The van der Waals surface area contributed by atoms with Gasteiger partial charge in [-0.05, 0) is 20.3 Å². The second kappa shape index (κ2) is 6.86. The van der Waals surface area contributed by atoms with Crippen LogP contribution in [-0.2, 0) is 4.79 Å². The molecule has 0 aliphatic carbocycles. The van der Waals surface area contributed by atoms with Gasteiger partial charge in [0.2, 0.25) is 0 Å². The molecule has 0 rings (SSSR count). The van der Waals surface area contributed by atoms with Gasteiger partial charge in [0, 0.05) is 18.5 Å². The van der Waals surface area contributed by atoms with Gasteiger partial charge < -0.3 is 15.7 Å². The van der Waals surface area contributed by atoms with Gasteiger partial charge >= 0.3 is 12.0 Å². The Morgan fingerprint density at radius 2 is 2.00 bits per heavy atom. The third-order valence-corrected chi connectivity index (χ3v) is 1.88. The molecule has 3 N–H and O–H groups in total. The average Bonchev–Trinajstić information content (AvgIpc) is 2.14. The highest BCUT2D eigenvalue weighted by molar-refractivity contribution is 5.74. The molecule has 2 unspecified atom stereocenters. The number of nitrogens with one attached hydrogen (secondary N) is 2. The van der Waals surface area contributed by atoms with Crippen molar-refractivity contribution in [1.82, 2.24) is 10.6 Å². The summed E-state index contributed by atoms with van der Waals surface area (Å²) in [7, 11) is 0. The van der Waals surface area contributed by atoms with Gasteiger partial charge in [0.25, 0.3) is 0 Å². The molecule has 15 heavy (non-hydrogen) atoms. The van der Waals surface area contributed by atoms with Gasteiger partial charge in [-0.15, -0.1) is 6.58 Å². The van der Waals surface area contributed by atoms with E-state index in [4.69, 9.17) is 5.11 Å². The lowest BCUT2D eigenvalue weighted by molar-refractivity contribution is -0.137. The van der Waals surface area contributed by atoms with Crippen LogP contribution in [0.5, 0.6) is 0 Å². The molecule has 0 bridgehead atoms. The summed E-state index contributed by atoms with van der Waals surface area (Å²) in [5, 5.41) is 13.7. The molecule has 2 atom stereocenters. The number of carbonyl (C=O) groups excluding carboxylic acids is 1. The van der Waals surface area contributed by atoms with E-state index in [1.165, 1.54) is 0 Å². The summed E-state index contributed by atoms with van der Waals surface area (Å²) in [4.78, 5) is 21.5. The fraction of sp³-hybridized carbons (Fsp3) is 0.600. The maximum atomic E-state index is 11.3. The summed E-state index contributed by atoms with van der Waals surface area (Å²) in [6.07, 6.45) is 2.09. The van der Waals surface area contributed by atoms with E-state index >= 15 is 0 Å². The molecule has 0 fully saturated rings. The number of aliphatic carboxylic acids is 1. The zero-order valence-electron chi connectivity index (χ0n) is 9.12. The zero-order valence-corrected chi connectivity index (χ0v) is 9.12. The normalized spacial score (nSPS) is 13.7. The van der Waals surface area contributed by atoms with Crippen molar-refractivity contribution in [3.8, 4) is 0 Å². The molecule has 0 aromatic rings. The molecule has 0 saturated carbocycles. The highest BCUT2D eigenvalue weighted by Crippen LogP contribution is 1.96. The van der Waals surface area contributed by atoms with Crippen molar-refractivity contribution in [2.75, 3.05) is 0 Å². The van der Waals surface area contributed by atoms with E-state index in [-0.39, 0.29) is 24.5 Å². The molecule has 0 aliphatic rings. The molecule has 0 radical (unpaired) electrons. The first-order valence-corrected chi connectivity index (χ1v) is 4.87. The van der Waals surface area contributed by atoms with Crippen LogP contribution in [0.2, 0.25) is 0 Å². The summed E-state index contributed by atoms with van der Waals surface area (Å²) >= 11 is 0. The SMILES string of the molecule is C=CC(C)NC(=O)NC(C)CCC(=O)O. The van der Waals surface area contributed by atoms with Crippen LogP contribution in [0, 0.1) is 0 Å². The van der Waals surface area contributed by atoms with Gasteiger partial charge in [0.1, 0.15) is 0 Å². The molecule has 2 amide bonds. The van der Waals surface area contributed by atoms with Crippen LogP contribution in [0.3, 0.4) is 0 Å². The minimum absolute atomic E-state index is 0.0540. The second-order valence-corrected chi connectivity index (χ2v) is 3.48. The monoisotopic (exact) mass is 214 g/mol. The highest BCUT2D eigenvalue weighted by Gasteiger charge is 2.09. The number of urea groups is 1. The highest BCUT2D eigenvalue weighted by atomic mass is 16.4. The van der Waals surface area contributed by atoms with E-state index in [2.05, 4.69) is 17.2 Å². The first-order chi connectivity index (χ1) is 6.95. The number of amides is 2. The summed E-state index contributed by atoms with van der Waals surface area (Å²) in [5.41, 5.74) is 0. The lowest BCUT2D eigenvalue weighted by atomic mass is 10.2. The van der Waals surface area contributed by atoms with Gasteiger partial charge in [-0.3, -0.25) is 4.79 Å². The molecule has 0 saturated heterocycles. The third-order valence-electron chi connectivity index (χ3n) is 1.88. The maximum absolute atomic E-state index is 11.3. The smallest absolute Gasteiger partial charge is 0.315 e. The molecule has 0 aromatic carbocycles. The maximum Gasteiger partial charge on any atom is 0.315 e. The number of hydrogen-bond acceptors (Lipinski definition) is 2. The Balaban J connectivity index is 3.75. The van der Waals surface area contributed by atoms with Crippen LogP contribution in [0.4, 0.5) is 4.79 Å². The Hall–Kier alpha value is -1.52. The first-order valence-electron chi connectivity index (χ1n) is 4.87. The summed E-state index contributed by atoms with van der Waals surface area (Å²) in [6.45, 7) is 7.10. The molecule has 0 spiro atoms.